The maximum atomic E-state index is 12.0. The standard InChI is InChI=1S/C22H22N2O2S/c1-15-7-6-12-24(14-15)20-17(13-19-21(25)23-22(26)27-19)10-5-11-18(20)16-8-3-2-4-9-16/h2-5,8-11,13,15H,6-7,12,14H2,1H3,(H,23,25,26)/b19-13-/t15-/m1/s1. The molecule has 2 saturated heterocycles. The summed E-state index contributed by atoms with van der Waals surface area (Å²) >= 11 is 0.969. The van der Waals surface area contributed by atoms with Crippen molar-refractivity contribution in [2.45, 2.75) is 19.8 Å². The number of para-hydroxylation sites is 1. The van der Waals surface area contributed by atoms with E-state index in [9.17, 15) is 9.59 Å². The first-order valence-corrected chi connectivity index (χ1v) is 10.1. The Labute approximate surface area is 163 Å². The van der Waals surface area contributed by atoms with Gasteiger partial charge in [-0.15, -0.1) is 0 Å². The van der Waals surface area contributed by atoms with E-state index in [0.717, 1.165) is 53.6 Å². The molecule has 2 fully saturated rings. The average Bonchev–Trinajstić information content (AvgIpc) is 2.99. The lowest BCUT2D eigenvalue weighted by Gasteiger charge is -2.35. The van der Waals surface area contributed by atoms with E-state index in [2.05, 4.69) is 35.3 Å². The van der Waals surface area contributed by atoms with Crippen molar-refractivity contribution in [2.24, 2.45) is 5.92 Å². The second-order valence-electron chi connectivity index (χ2n) is 7.16. The Balaban J connectivity index is 1.84. The SMILES string of the molecule is C[C@@H]1CCCN(c2c(/C=C3\SC(=O)NC3=O)cccc2-c2ccccc2)C1. The topological polar surface area (TPSA) is 49.4 Å². The highest BCUT2D eigenvalue weighted by Gasteiger charge is 2.27. The summed E-state index contributed by atoms with van der Waals surface area (Å²) in [5.74, 6) is 0.321. The molecule has 0 aromatic heterocycles. The van der Waals surface area contributed by atoms with Gasteiger partial charge in [-0.3, -0.25) is 14.9 Å². The molecule has 5 heteroatoms. The van der Waals surface area contributed by atoms with Crippen LogP contribution in [0.1, 0.15) is 25.3 Å². The lowest BCUT2D eigenvalue weighted by Crippen LogP contribution is -2.35. The number of rotatable bonds is 3. The number of amides is 2. The van der Waals surface area contributed by atoms with Gasteiger partial charge < -0.3 is 4.90 Å². The summed E-state index contributed by atoms with van der Waals surface area (Å²) in [7, 11) is 0. The molecule has 4 nitrogen and oxygen atoms in total. The van der Waals surface area contributed by atoms with Crippen LogP contribution < -0.4 is 10.2 Å². The Hall–Kier alpha value is -2.53. The summed E-state index contributed by atoms with van der Waals surface area (Å²) in [6, 6.07) is 16.5. The number of nitrogens with zero attached hydrogens (tertiary/aromatic N) is 1. The van der Waals surface area contributed by atoms with Gasteiger partial charge in [-0.05, 0) is 47.7 Å². The van der Waals surface area contributed by atoms with Gasteiger partial charge in [-0.1, -0.05) is 55.5 Å². The molecule has 1 N–H and O–H groups in total. The van der Waals surface area contributed by atoms with Crippen LogP contribution in [0.5, 0.6) is 0 Å². The van der Waals surface area contributed by atoms with Crippen molar-refractivity contribution >= 4 is 34.7 Å². The van der Waals surface area contributed by atoms with Gasteiger partial charge >= 0.3 is 0 Å². The first kappa shape index (κ1) is 17.9. The molecule has 27 heavy (non-hydrogen) atoms. The molecule has 138 valence electrons. The second-order valence-corrected chi connectivity index (χ2v) is 8.17. The number of nitrogens with one attached hydrogen (secondary N) is 1. The van der Waals surface area contributed by atoms with Gasteiger partial charge in [0.15, 0.2) is 0 Å². The van der Waals surface area contributed by atoms with Crippen molar-refractivity contribution in [2.75, 3.05) is 18.0 Å². The molecule has 2 amide bonds. The highest BCUT2D eigenvalue weighted by molar-refractivity contribution is 8.18. The maximum absolute atomic E-state index is 12.0. The fourth-order valence-electron chi connectivity index (χ4n) is 3.84. The minimum Gasteiger partial charge on any atom is -0.370 e. The van der Waals surface area contributed by atoms with Crippen molar-refractivity contribution < 1.29 is 9.59 Å². The molecule has 2 aliphatic heterocycles. The van der Waals surface area contributed by atoms with Gasteiger partial charge in [-0.2, -0.15) is 0 Å². The smallest absolute Gasteiger partial charge is 0.290 e. The van der Waals surface area contributed by atoms with E-state index < -0.39 is 0 Å². The number of hydrogen-bond acceptors (Lipinski definition) is 4. The van der Waals surface area contributed by atoms with Gasteiger partial charge in [-0.25, -0.2) is 0 Å². The molecule has 0 spiro atoms. The fraction of sp³-hybridized carbons (Fsp3) is 0.273. The summed E-state index contributed by atoms with van der Waals surface area (Å²) in [4.78, 5) is 26.5. The summed E-state index contributed by atoms with van der Waals surface area (Å²) in [6.07, 6.45) is 4.26. The molecule has 2 aliphatic rings. The van der Waals surface area contributed by atoms with E-state index in [1.807, 2.05) is 36.4 Å². The normalized spacial score (nSPS) is 21.6. The third-order valence-corrected chi connectivity index (χ3v) is 5.86. The Kier molecular flexibility index (Phi) is 5.03. The van der Waals surface area contributed by atoms with E-state index in [1.165, 1.54) is 6.42 Å². The molecular weight excluding hydrogens is 356 g/mol. The van der Waals surface area contributed by atoms with E-state index >= 15 is 0 Å². The molecule has 0 bridgehead atoms. The van der Waals surface area contributed by atoms with Crippen LogP contribution in [-0.2, 0) is 4.79 Å². The third-order valence-electron chi connectivity index (χ3n) is 5.05. The lowest BCUT2D eigenvalue weighted by atomic mass is 9.94. The molecular formula is C22H22N2O2S. The van der Waals surface area contributed by atoms with Gasteiger partial charge in [0.25, 0.3) is 11.1 Å². The number of benzene rings is 2. The quantitative estimate of drug-likeness (QED) is 0.771. The Morgan fingerprint density at radius 3 is 2.63 bits per heavy atom. The average molecular weight is 378 g/mol. The molecule has 0 aliphatic carbocycles. The van der Waals surface area contributed by atoms with Crippen LogP contribution >= 0.6 is 11.8 Å². The predicted octanol–water partition coefficient (Wildman–Crippen LogP) is 4.91. The number of piperidine rings is 1. The monoisotopic (exact) mass is 378 g/mol. The number of thioether (sulfide) groups is 1. The number of carbonyl (C=O) groups is 2. The van der Waals surface area contributed by atoms with Gasteiger partial charge in [0, 0.05) is 18.7 Å². The molecule has 0 radical (unpaired) electrons. The Morgan fingerprint density at radius 1 is 1.11 bits per heavy atom. The Morgan fingerprint density at radius 2 is 1.93 bits per heavy atom. The van der Waals surface area contributed by atoms with Crippen LogP contribution in [0.2, 0.25) is 0 Å². The van der Waals surface area contributed by atoms with Crippen molar-refractivity contribution in [1.82, 2.24) is 5.32 Å². The second kappa shape index (κ2) is 7.61. The number of carbonyl (C=O) groups excluding carboxylic acids is 2. The van der Waals surface area contributed by atoms with Crippen molar-refractivity contribution in [3.05, 3.63) is 59.0 Å². The minimum atomic E-state index is -0.312. The zero-order valence-corrected chi connectivity index (χ0v) is 16.1. The number of anilines is 1. The van der Waals surface area contributed by atoms with Gasteiger partial charge in [0.1, 0.15) is 0 Å². The summed E-state index contributed by atoms with van der Waals surface area (Å²) in [6.45, 7) is 4.29. The highest BCUT2D eigenvalue weighted by Crippen LogP contribution is 2.38. The molecule has 0 saturated carbocycles. The van der Waals surface area contributed by atoms with Gasteiger partial charge in [0.05, 0.1) is 10.6 Å². The van der Waals surface area contributed by atoms with E-state index in [4.69, 9.17) is 0 Å². The third kappa shape index (κ3) is 3.78. The number of hydrogen-bond donors (Lipinski definition) is 1. The molecule has 2 heterocycles. The van der Waals surface area contributed by atoms with Crippen LogP contribution in [0.3, 0.4) is 0 Å². The molecule has 1 atom stereocenters. The minimum absolute atomic E-state index is 0.307. The maximum Gasteiger partial charge on any atom is 0.290 e. The van der Waals surface area contributed by atoms with Crippen LogP contribution in [0.4, 0.5) is 10.5 Å². The first-order chi connectivity index (χ1) is 13.1. The molecule has 2 aromatic carbocycles. The molecule has 2 aromatic rings. The zero-order chi connectivity index (χ0) is 18.8. The lowest BCUT2D eigenvalue weighted by molar-refractivity contribution is -0.115. The Bertz CT molecular complexity index is 908. The van der Waals surface area contributed by atoms with Gasteiger partial charge in [0.2, 0.25) is 0 Å². The van der Waals surface area contributed by atoms with Crippen molar-refractivity contribution in [3.63, 3.8) is 0 Å². The number of imide groups is 1. The molecule has 4 rings (SSSR count). The van der Waals surface area contributed by atoms with Crippen molar-refractivity contribution in [3.8, 4) is 11.1 Å². The summed E-state index contributed by atoms with van der Waals surface area (Å²) in [5.41, 5.74) is 4.45. The van der Waals surface area contributed by atoms with Crippen LogP contribution in [0.25, 0.3) is 17.2 Å². The fourth-order valence-corrected chi connectivity index (χ4v) is 4.51. The summed E-state index contributed by atoms with van der Waals surface area (Å²) < 4.78 is 0. The van der Waals surface area contributed by atoms with Crippen LogP contribution in [0.15, 0.2) is 53.4 Å². The van der Waals surface area contributed by atoms with E-state index in [-0.39, 0.29) is 11.1 Å². The molecule has 0 unspecified atom stereocenters. The first-order valence-electron chi connectivity index (χ1n) is 9.30. The summed E-state index contributed by atoms with van der Waals surface area (Å²) in [5, 5.41) is 2.04. The largest absolute Gasteiger partial charge is 0.370 e. The van der Waals surface area contributed by atoms with E-state index in [0.29, 0.717) is 10.8 Å². The highest BCUT2D eigenvalue weighted by atomic mass is 32.2. The van der Waals surface area contributed by atoms with E-state index in [1.54, 1.807) is 0 Å². The van der Waals surface area contributed by atoms with Crippen LogP contribution in [0, 0.1) is 5.92 Å². The zero-order valence-electron chi connectivity index (χ0n) is 15.3. The predicted molar refractivity (Wildman–Crippen MR) is 112 cm³/mol. The van der Waals surface area contributed by atoms with Crippen molar-refractivity contribution in [1.29, 1.82) is 0 Å². The van der Waals surface area contributed by atoms with Crippen LogP contribution in [-0.4, -0.2) is 24.2 Å².